The van der Waals surface area contributed by atoms with Crippen molar-refractivity contribution in [1.82, 2.24) is 20.0 Å². The summed E-state index contributed by atoms with van der Waals surface area (Å²) in [6, 6.07) is 19.5. The molecule has 0 spiro atoms. The monoisotopic (exact) mass is 376 g/mol. The average Bonchev–Trinajstić information content (AvgIpc) is 3.15. The quantitative estimate of drug-likeness (QED) is 0.761. The lowest BCUT2D eigenvalue weighted by molar-refractivity contribution is 0.0625. The smallest absolute Gasteiger partial charge is 0.274 e. The van der Waals surface area contributed by atoms with E-state index in [-0.39, 0.29) is 11.9 Å². The molecule has 1 unspecified atom stereocenters. The van der Waals surface area contributed by atoms with Gasteiger partial charge in [-0.25, -0.2) is 4.68 Å². The Balaban J connectivity index is 1.66. The zero-order valence-corrected chi connectivity index (χ0v) is 16.1. The van der Waals surface area contributed by atoms with Crippen LogP contribution < -0.4 is 10.1 Å². The SMILES string of the molecule is COc1ccccc1C1CNCCN1C(=O)c1cc(C)n(-c2ccccc2)n1. The van der Waals surface area contributed by atoms with Crippen LogP contribution >= 0.6 is 0 Å². The molecule has 0 bridgehead atoms. The topological polar surface area (TPSA) is 59.4 Å². The largest absolute Gasteiger partial charge is 0.496 e. The number of carbonyl (C=O) groups excluding carboxylic acids is 1. The highest BCUT2D eigenvalue weighted by Crippen LogP contribution is 2.31. The van der Waals surface area contributed by atoms with Crippen LogP contribution in [0.15, 0.2) is 60.7 Å². The van der Waals surface area contributed by atoms with Gasteiger partial charge in [0.25, 0.3) is 5.91 Å². The number of hydrogen-bond donors (Lipinski definition) is 1. The van der Waals surface area contributed by atoms with Gasteiger partial charge in [0.2, 0.25) is 0 Å². The van der Waals surface area contributed by atoms with Gasteiger partial charge in [-0.3, -0.25) is 4.79 Å². The molecule has 1 aromatic heterocycles. The maximum Gasteiger partial charge on any atom is 0.274 e. The van der Waals surface area contributed by atoms with Gasteiger partial charge >= 0.3 is 0 Å². The summed E-state index contributed by atoms with van der Waals surface area (Å²) < 4.78 is 7.34. The zero-order chi connectivity index (χ0) is 19.5. The lowest BCUT2D eigenvalue weighted by Crippen LogP contribution is -2.48. The zero-order valence-electron chi connectivity index (χ0n) is 16.1. The molecule has 1 N–H and O–H groups in total. The lowest BCUT2D eigenvalue weighted by Gasteiger charge is -2.36. The van der Waals surface area contributed by atoms with Gasteiger partial charge in [-0.05, 0) is 31.2 Å². The molecule has 1 aliphatic rings. The van der Waals surface area contributed by atoms with E-state index in [1.165, 1.54) is 0 Å². The van der Waals surface area contributed by atoms with Crippen molar-refractivity contribution in [2.24, 2.45) is 0 Å². The van der Waals surface area contributed by atoms with E-state index in [0.717, 1.165) is 29.2 Å². The molecule has 144 valence electrons. The summed E-state index contributed by atoms with van der Waals surface area (Å²) in [5.41, 5.74) is 3.34. The molecule has 28 heavy (non-hydrogen) atoms. The fourth-order valence-electron chi connectivity index (χ4n) is 3.72. The van der Waals surface area contributed by atoms with Crippen molar-refractivity contribution in [2.75, 3.05) is 26.7 Å². The molecule has 0 aliphatic carbocycles. The van der Waals surface area contributed by atoms with Gasteiger partial charge in [0.15, 0.2) is 5.69 Å². The van der Waals surface area contributed by atoms with Crippen LogP contribution in [0.2, 0.25) is 0 Å². The second-order valence-electron chi connectivity index (χ2n) is 6.88. The van der Waals surface area contributed by atoms with E-state index in [1.54, 1.807) is 7.11 Å². The molecular formula is C22H24N4O2. The number of benzene rings is 2. The molecule has 3 aromatic rings. The van der Waals surface area contributed by atoms with Crippen LogP contribution in [0.5, 0.6) is 5.75 Å². The summed E-state index contributed by atoms with van der Waals surface area (Å²) in [6.45, 7) is 4.03. The van der Waals surface area contributed by atoms with Gasteiger partial charge in [0.1, 0.15) is 5.75 Å². The highest BCUT2D eigenvalue weighted by Gasteiger charge is 2.31. The lowest BCUT2D eigenvalue weighted by atomic mass is 10.0. The molecule has 1 saturated heterocycles. The molecular weight excluding hydrogens is 352 g/mol. The number of nitrogens with one attached hydrogen (secondary N) is 1. The first-order valence-corrected chi connectivity index (χ1v) is 9.45. The number of ether oxygens (including phenoxy) is 1. The first kappa shape index (κ1) is 18.3. The van der Waals surface area contributed by atoms with Crippen LogP contribution in [0.25, 0.3) is 5.69 Å². The minimum atomic E-state index is -0.0976. The van der Waals surface area contributed by atoms with E-state index in [9.17, 15) is 4.79 Å². The third kappa shape index (κ3) is 3.39. The number of amides is 1. The van der Waals surface area contributed by atoms with Crippen LogP contribution in [0.1, 0.15) is 27.8 Å². The van der Waals surface area contributed by atoms with E-state index in [2.05, 4.69) is 10.4 Å². The molecule has 1 aliphatic heterocycles. The van der Waals surface area contributed by atoms with Crippen molar-refractivity contribution in [1.29, 1.82) is 0 Å². The van der Waals surface area contributed by atoms with Gasteiger partial charge in [0, 0.05) is 30.9 Å². The summed E-state index contributed by atoms with van der Waals surface area (Å²) >= 11 is 0. The van der Waals surface area contributed by atoms with Crippen molar-refractivity contribution >= 4 is 5.91 Å². The number of hydrogen-bond acceptors (Lipinski definition) is 4. The van der Waals surface area contributed by atoms with Crippen molar-refractivity contribution in [3.63, 3.8) is 0 Å². The molecule has 4 rings (SSSR count). The normalized spacial score (nSPS) is 16.8. The van der Waals surface area contributed by atoms with Gasteiger partial charge in [-0.15, -0.1) is 0 Å². The Hall–Kier alpha value is -3.12. The van der Waals surface area contributed by atoms with Crippen LogP contribution in [-0.4, -0.2) is 47.3 Å². The number of methoxy groups -OCH3 is 1. The van der Waals surface area contributed by atoms with Crippen LogP contribution in [0.4, 0.5) is 0 Å². The van der Waals surface area contributed by atoms with E-state index in [1.807, 2.05) is 77.2 Å². The first-order valence-electron chi connectivity index (χ1n) is 9.45. The molecule has 6 nitrogen and oxygen atoms in total. The predicted octanol–water partition coefficient (Wildman–Crippen LogP) is 2.98. The van der Waals surface area contributed by atoms with Crippen molar-refractivity contribution in [2.45, 2.75) is 13.0 Å². The number of aryl methyl sites for hydroxylation is 1. The number of para-hydroxylation sites is 2. The standard InChI is InChI=1S/C22H24N4O2/c1-16-14-19(24-26(16)17-8-4-3-5-9-17)22(27)25-13-12-23-15-20(25)18-10-6-7-11-21(18)28-2/h3-11,14,20,23H,12-13,15H2,1-2H3. The van der Waals surface area contributed by atoms with E-state index in [0.29, 0.717) is 18.8 Å². The van der Waals surface area contributed by atoms with Crippen molar-refractivity contribution in [3.8, 4) is 11.4 Å². The second kappa shape index (κ2) is 7.86. The minimum Gasteiger partial charge on any atom is -0.496 e. The Morgan fingerprint density at radius 1 is 1.14 bits per heavy atom. The Morgan fingerprint density at radius 2 is 1.89 bits per heavy atom. The van der Waals surface area contributed by atoms with E-state index in [4.69, 9.17) is 4.74 Å². The minimum absolute atomic E-state index is 0.0600. The van der Waals surface area contributed by atoms with E-state index >= 15 is 0 Å². The Labute approximate surface area is 164 Å². The third-order valence-electron chi connectivity index (χ3n) is 5.11. The summed E-state index contributed by atoms with van der Waals surface area (Å²) in [5, 5.41) is 7.99. The van der Waals surface area contributed by atoms with E-state index < -0.39 is 0 Å². The molecule has 1 atom stereocenters. The number of rotatable bonds is 4. The summed E-state index contributed by atoms with van der Waals surface area (Å²) in [5.74, 6) is 0.732. The number of aromatic nitrogens is 2. The van der Waals surface area contributed by atoms with Crippen molar-refractivity contribution in [3.05, 3.63) is 77.6 Å². The summed E-state index contributed by atoms with van der Waals surface area (Å²) in [7, 11) is 1.66. The molecule has 2 aromatic carbocycles. The Morgan fingerprint density at radius 3 is 2.68 bits per heavy atom. The second-order valence-corrected chi connectivity index (χ2v) is 6.88. The molecule has 0 saturated carbocycles. The van der Waals surface area contributed by atoms with Gasteiger partial charge in [-0.1, -0.05) is 36.4 Å². The fourth-order valence-corrected chi connectivity index (χ4v) is 3.72. The van der Waals surface area contributed by atoms with Crippen LogP contribution in [-0.2, 0) is 0 Å². The maximum absolute atomic E-state index is 13.4. The summed E-state index contributed by atoms with van der Waals surface area (Å²) in [4.78, 5) is 15.3. The Bertz CT molecular complexity index is 968. The fraction of sp³-hybridized carbons (Fsp3) is 0.273. The molecule has 1 fully saturated rings. The average molecular weight is 376 g/mol. The molecule has 0 radical (unpaired) electrons. The van der Waals surface area contributed by atoms with Crippen LogP contribution in [0, 0.1) is 6.92 Å². The predicted molar refractivity (Wildman–Crippen MR) is 108 cm³/mol. The molecule has 6 heteroatoms. The Kier molecular flexibility index (Phi) is 5.12. The summed E-state index contributed by atoms with van der Waals surface area (Å²) in [6.07, 6.45) is 0. The molecule has 2 heterocycles. The highest BCUT2D eigenvalue weighted by molar-refractivity contribution is 5.93. The number of piperazine rings is 1. The van der Waals surface area contributed by atoms with Crippen molar-refractivity contribution < 1.29 is 9.53 Å². The first-order chi connectivity index (χ1) is 13.7. The van der Waals surface area contributed by atoms with Gasteiger partial charge in [-0.2, -0.15) is 5.10 Å². The molecule has 1 amide bonds. The van der Waals surface area contributed by atoms with Crippen LogP contribution in [0.3, 0.4) is 0 Å². The highest BCUT2D eigenvalue weighted by atomic mass is 16.5. The third-order valence-corrected chi connectivity index (χ3v) is 5.11. The van der Waals surface area contributed by atoms with Gasteiger partial charge in [0.05, 0.1) is 18.8 Å². The maximum atomic E-state index is 13.4. The van der Waals surface area contributed by atoms with Gasteiger partial charge < -0.3 is 15.0 Å². The number of carbonyl (C=O) groups is 1. The number of nitrogens with zero attached hydrogens (tertiary/aromatic N) is 3.